The van der Waals surface area contributed by atoms with Crippen molar-refractivity contribution in [2.75, 3.05) is 20.6 Å². The van der Waals surface area contributed by atoms with Crippen LogP contribution in [0.4, 0.5) is 0 Å². The smallest absolute Gasteiger partial charge is 0.193 e. The number of aromatic nitrogens is 3. The standard InChI is InChI=1S/C14H19BrN6/c1-16-14(18-7-8-21-11-17-10-19-21)20(2)9-12-3-5-13(15)6-4-12/h3-6,10-11H,7-9H2,1-2H3,(H,16,18). The van der Waals surface area contributed by atoms with E-state index in [4.69, 9.17) is 0 Å². The van der Waals surface area contributed by atoms with E-state index < -0.39 is 0 Å². The van der Waals surface area contributed by atoms with Crippen LogP contribution in [0.5, 0.6) is 0 Å². The fraction of sp³-hybridized carbons (Fsp3) is 0.357. The van der Waals surface area contributed by atoms with Gasteiger partial charge in [0.1, 0.15) is 12.7 Å². The molecular formula is C14H19BrN6. The zero-order valence-corrected chi connectivity index (χ0v) is 13.8. The molecule has 0 saturated carbocycles. The van der Waals surface area contributed by atoms with Crippen molar-refractivity contribution in [1.82, 2.24) is 25.0 Å². The van der Waals surface area contributed by atoms with E-state index in [1.54, 1.807) is 18.1 Å². The Morgan fingerprint density at radius 3 is 2.76 bits per heavy atom. The molecule has 21 heavy (non-hydrogen) atoms. The highest BCUT2D eigenvalue weighted by Crippen LogP contribution is 2.11. The first-order chi connectivity index (χ1) is 10.2. The molecule has 0 aliphatic rings. The van der Waals surface area contributed by atoms with Crippen LogP contribution in [-0.2, 0) is 13.1 Å². The Balaban J connectivity index is 1.83. The number of halogens is 1. The van der Waals surface area contributed by atoms with Gasteiger partial charge in [-0.15, -0.1) is 0 Å². The maximum absolute atomic E-state index is 4.30. The van der Waals surface area contributed by atoms with Crippen molar-refractivity contribution < 1.29 is 0 Å². The van der Waals surface area contributed by atoms with Gasteiger partial charge in [0.05, 0.1) is 6.54 Å². The molecule has 0 radical (unpaired) electrons. The van der Waals surface area contributed by atoms with Crippen molar-refractivity contribution in [3.05, 3.63) is 47.0 Å². The second kappa shape index (κ2) is 7.78. The van der Waals surface area contributed by atoms with Gasteiger partial charge in [-0.25, -0.2) is 4.98 Å². The van der Waals surface area contributed by atoms with E-state index in [2.05, 4.69) is 53.4 Å². The maximum atomic E-state index is 4.30. The van der Waals surface area contributed by atoms with E-state index in [9.17, 15) is 0 Å². The van der Waals surface area contributed by atoms with E-state index >= 15 is 0 Å². The lowest BCUT2D eigenvalue weighted by Gasteiger charge is -2.22. The molecule has 0 bridgehead atoms. The summed E-state index contributed by atoms with van der Waals surface area (Å²) in [6.45, 7) is 2.31. The zero-order valence-electron chi connectivity index (χ0n) is 12.2. The molecule has 0 fully saturated rings. The van der Waals surface area contributed by atoms with Crippen LogP contribution in [0.2, 0.25) is 0 Å². The normalized spacial score (nSPS) is 11.5. The molecule has 1 aromatic heterocycles. The molecule has 2 aromatic rings. The molecule has 0 unspecified atom stereocenters. The van der Waals surface area contributed by atoms with E-state index in [0.717, 1.165) is 30.1 Å². The van der Waals surface area contributed by atoms with Crippen molar-refractivity contribution in [1.29, 1.82) is 0 Å². The molecule has 1 aromatic carbocycles. The number of rotatable bonds is 5. The Kier molecular flexibility index (Phi) is 5.74. The second-order valence-corrected chi connectivity index (χ2v) is 5.53. The molecule has 6 nitrogen and oxygen atoms in total. The van der Waals surface area contributed by atoms with Crippen LogP contribution in [0.15, 0.2) is 46.4 Å². The number of hydrogen-bond donors (Lipinski definition) is 1. The predicted octanol–water partition coefficient (Wildman–Crippen LogP) is 1.75. The Hall–Kier alpha value is -1.89. The largest absolute Gasteiger partial charge is 0.354 e. The van der Waals surface area contributed by atoms with Crippen molar-refractivity contribution in [3.8, 4) is 0 Å². The number of nitrogens with one attached hydrogen (secondary N) is 1. The predicted molar refractivity (Wildman–Crippen MR) is 87.0 cm³/mol. The Bertz CT molecular complexity index is 564. The van der Waals surface area contributed by atoms with Gasteiger partial charge in [-0.1, -0.05) is 28.1 Å². The fourth-order valence-electron chi connectivity index (χ4n) is 1.95. The quantitative estimate of drug-likeness (QED) is 0.659. The average Bonchev–Trinajstić information content (AvgIpc) is 2.99. The molecule has 0 atom stereocenters. The molecular weight excluding hydrogens is 332 g/mol. The molecule has 7 heteroatoms. The van der Waals surface area contributed by atoms with Gasteiger partial charge < -0.3 is 10.2 Å². The number of guanidine groups is 1. The minimum Gasteiger partial charge on any atom is -0.354 e. The average molecular weight is 351 g/mol. The molecule has 2 rings (SSSR count). The summed E-state index contributed by atoms with van der Waals surface area (Å²) in [5, 5.41) is 7.38. The van der Waals surface area contributed by atoms with Gasteiger partial charge in [-0.3, -0.25) is 9.67 Å². The maximum Gasteiger partial charge on any atom is 0.193 e. The van der Waals surface area contributed by atoms with Gasteiger partial charge in [0.2, 0.25) is 0 Å². The second-order valence-electron chi connectivity index (χ2n) is 4.62. The first-order valence-corrected chi connectivity index (χ1v) is 7.47. The minimum absolute atomic E-state index is 0.751. The van der Waals surface area contributed by atoms with Crippen LogP contribution in [0.25, 0.3) is 0 Å². The van der Waals surface area contributed by atoms with Gasteiger partial charge >= 0.3 is 0 Å². The lowest BCUT2D eigenvalue weighted by molar-refractivity contribution is 0.470. The highest BCUT2D eigenvalue weighted by Gasteiger charge is 2.06. The summed E-state index contributed by atoms with van der Waals surface area (Å²) < 4.78 is 2.87. The lowest BCUT2D eigenvalue weighted by atomic mass is 10.2. The molecule has 1 N–H and O–H groups in total. The van der Waals surface area contributed by atoms with E-state index in [1.165, 1.54) is 11.9 Å². The van der Waals surface area contributed by atoms with E-state index in [-0.39, 0.29) is 0 Å². The van der Waals surface area contributed by atoms with Crippen LogP contribution in [0, 0.1) is 0 Å². The fourth-order valence-corrected chi connectivity index (χ4v) is 2.22. The third-order valence-corrected chi connectivity index (χ3v) is 3.53. The number of benzene rings is 1. The zero-order chi connectivity index (χ0) is 15.1. The van der Waals surface area contributed by atoms with Crippen LogP contribution < -0.4 is 5.32 Å². The molecule has 0 amide bonds. The van der Waals surface area contributed by atoms with Crippen LogP contribution in [-0.4, -0.2) is 46.3 Å². The topological polar surface area (TPSA) is 58.3 Å². The number of aliphatic imine (C=N–C) groups is 1. The van der Waals surface area contributed by atoms with E-state index in [0.29, 0.717) is 0 Å². The van der Waals surface area contributed by atoms with Gasteiger partial charge in [0.25, 0.3) is 0 Å². The number of nitrogens with zero attached hydrogens (tertiary/aromatic N) is 5. The van der Waals surface area contributed by atoms with Crippen molar-refractivity contribution in [2.24, 2.45) is 4.99 Å². The summed E-state index contributed by atoms with van der Waals surface area (Å²) in [5.74, 6) is 0.859. The molecule has 0 saturated heterocycles. The summed E-state index contributed by atoms with van der Waals surface area (Å²) in [6.07, 6.45) is 3.24. The van der Waals surface area contributed by atoms with E-state index in [1.807, 2.05) is 19.2 Å². The monoisotopic (exact) mass is 350 g/mol. The van der Waals surface area contributed by atoms with Crippen LogP contribution >= 0.6 is 15.9 Å². The van der Waals surface area contributed by atoms with Crippen molar-refractivity contribution in [3.63, 3.8) is 0 Å². The first-order valence-electron chi connectivity index (χ1n) is 6.67. The third-order valence-electron chi connectivity index (χ3n) is 3.00. The summed E-state index contributed by atoms with van der Waals surface area (Å²) in [7, 11) is 3.81. The minimum atomic E-state index is 0.751. The Morgan fingerprint density at radius 2 is 2.14 bits per heavy atom. The van der Waals surface area contributed by atoms with Gasteiger partial charge in [-0.2, -0.15) is 5.10 Å². The lowest BCUT2D eigenvalue weighted by Crippen LogP contribution is -2.39. The van der Waals surface area contributed by atoms with Crippen LogP contribution in [0.3, 0.4) is 0 Å². The SMILES string of the molecule is CN=C(NCCn1cncn1)N(C)Cc1ccc(Br)cc1. The molecule has 1 heterocycles. The molecule has 0 aliphatic heterocycles. The van der Waals surface area contributed by atoms with Gasteiger partial charge in [0.15, 0.2) is 5.96 Å². The Morgan fingerprint density at radius 1 is 1.38 bits per heavy atom. The van der Waals surface area contributed by atoms with Crippen molar-refractivity contribution in [2.45, 2.75) is 13.1 Å². The van der Waals surface area contributed by atoms with Gasteiger partial charge in [0, 0.05) is 31.7 Å². The number of hydrogen-bond acceptors (Lipinski definition) is 3. The van der Waals surface area contributed by atoms with Gasteiger partial charge in [-0.05, 0) is 17.7 Å². The highest BCUT2D eigenvalue weighted by molar-refractivity contribution is 9.10. The molecule has 0 spiro atoms. The highest BCUT2D eigenvalue weighted by atomic mass is 79.9. The summed E-state index contributed by atoms with van der Waals surface area (Å²) in [6, 6.07) is 8.29. The molecule has 112 valence electrons. The summed E-state index contributed by atoms with van der Waals surface area (Å²) >= 11 is 3.44. The summed E-state index contributed by atoms with van der Waals surface area (Å²) in [4.78, 5) is 10.3. The Labute approximate surface area is 133 Å². The van der Waals surface area contributed by atoms with Crippen molar-refractivity contribution >= 4 is 21.9 Å². The third kappa shape index (κ3) is 4.86. The van der Waals surface area contributed by atoms with Crippen LogP contribution in [0.1, 0.15) is 5.56 Å². The first kappa shape index (κ1) is 15.5. The summed E-state index contributed by atoms with van der Waals surface area (Å²) in [5.41, 5.74) is 1.24. The molecule has 0 aliphatic carbocycles.